The number of imidazole rings is 2. The molecule has 7 atom stereocenters. The number of carbonyl (C=O) groups is 2. The van der Waals surface area contributed by atoms with Crippen molar-refractivity contribution in [3.8, 4) is 34.9 Å². The Labute approximate surface area is 423 Å². The number of hydrogen-bond donors (Lipinski definition) is 0. The molecular formula is C62H63FN6O3. The molecule has 72 heavy (non-hydrogen) atoms. The third kappa shape index (κ3) is 8.68. The number of benzene rings is 4. The third-order valence-electron chi connectivity index (χ3n) is 16.9. The van der Waals surface area contributed by atoms with Gasteiger partial charge in [0.2, 0.25) is 0 Å². The monoisotopic (exact) mass is 958 g/mol. The zero-order valence-electron chi connectivity index (χ0n) is 42.3. The van der Waals surface area contributed by atoms with E-state index >= 15 is 0 Å². The number of allylic oxidation sites excluding steroid dienone is 4. The number of ketones is 2. The van der Waals surface area contributed by atoms with E-state index in [0.29, 0.717) is 38.6 Å². The maximum atomic E-state index is 14.3. The first kappa shape index (κ1) is 48.6. The normalized spacial score (nSPS) is 23.8. The van der Waals surface area contributed by atoms with Crippen LogP contribution in [0.1, 0.15) is 124 Å². The summed E-state index contributed by atoms with van der Waals surface area (Å²) in [5, 5.41) is 20.5. The van der Waals surface area contributed by atoms with E-state index in [4.69, 9.17) is 14.7 Å². The van der Waals surface area contributed by atoms with Crippen LogP contribution in [0.2, 0.25) is 0 Å². The summed E-state index contributed by atoms with van der Waals surface area (Å²) in [6.45, 7) is 15.0. The fourth-order valence-corrected chi connectivity index (χ4v) is 12.8. The van der Waals surface area contributed by atoms with Crippen LogP contribution in [0.3, 0.4) is 0 Å². The number of Topliss-reactive ketones (excluding diaryl/α,β-unsaturated/α-hetero) is 2. The Morgan fingerprint density at radius 2 is 1.26 bits per heavy atom. The Kier molecular flexibility index (Phi) is 13.2. The van der Waals surface area contributed by atoms with Gasteiger partial charge in [-0.05, 0) is 96.6 Å². The second kappa shape index (κ2) is 19.5. The molecule has 6 aromatic rings. The Morgan fingerprint density at radius 1 is 0.708 bits per heavy atom. The number of carbonyl (C=O) groups excluding carboxylic acids is 2. The molecule has 4 aliphatic rings. The number of halogens is 1. The average molecular weight is 959 g/mol. The largest absolute Gasteiger partial charge is 0.375 e. The van der Waals surface area contributed by atoms with Crippen molar-refractivity contribution in [1.29, 1.82) is 10.5 Å². The molecule has 4 aromatic carbocycles. The Bertz CT molecular complexity index is 3190. The van der Waals surface area contributed by atoms with E-state index in [-0.39, 0.29) is 58.1 Å². The van der Waals surface area contributed by atoms with Crippen LogP contribution in [-0.4, -0.2) is 37.3 Å². The molecule has 366 valence electrons. The first-order valence-electron chi connectivity index (χ1n) is 25.8. The fourth-order valence-electron chi connectivity index (χ4n) is 12.8. The van der Waals surface area contributed by atoms with E-state index in [9.17, 15) is 24.5 Å². The van der Waals surface area contributed by atoms with Gasteiger partial charge in [-0.1, -0.05) is 145 Å². The van der Waals surface area contributed by atoms with Gasteiger partial charge in [0.05, 0.1) is 35.7 Å². The van der Waals surface area contributed by atoms with Gasteiger partial charge in [0, 0.05) is 58.3 Å². The molecule has 9 nitrogen and oxygen atoms in total. The van der Waals surface area contributed by atoms with Crippen molar-refractivity contribution in [3.05, 3.63) is 177 Å². The topological polar surface area (TPSA) is 127 Å². The SMILES string of the molecule is CC(C)c1ccc(-c2nc3c(n2CCOCc2ccccc2)CC[C@@H]2[C@@H](CCC(C)c4ccc(-c5nc6c(n5Cc5ccc(F)cc5)CC[C@@H]5[C@@H](C)C(=O)C(C#N)=C[C@@]65C)cc4)C(=O)C(C#N)=C[C@@]32C)cc1. The summed E-state index contributed by atoms with van der Waals surface area (Å²) in [5.41, 5.74) is 9.71. The van der Waals surface area contributed by atoms with Gasteiger partial charge >= 0.3 is 0 Å². The minimum atomic E-state index is -0.617. The highest BCUT2D eigenvalue weighted by molar-refractivity contribution is 6.03. The summed E-state index contributed by atoms with van der Waals surface area (Å²) in [6, 6.07) is 38.5. The molecule has 4 aliphatic carbocycles. The van der Waals surface area contributed by atoms with E-state index in [2.05, 4.69) is 117 Å². The van der Waals surface area contributed by atoms with Crippen molar-refractivity contribution in [2.45, 2.75) is 122 Å². The molecule has 1 unspecified atom stereocenters. The Balaban J connectivity index is 0.917. The lowest BCUT2D eigenvalue weighted by atomic mass is 9.57. The van der Waals surface area contributed by atoms with Crippen LogP contribution < -0.4 is 0 Å². The maximum absolute atomic E-state index is 14.3. The number of ether oxygens (including phenoxy) is 1. The van der Waals surface area contributed by atoms with E-state index in [1.807, 2.05) is 37.3 Å². The summed E-state index contributed by atoms with van der Waals surface area (Å²) < 4.78 is 24.9. The van der Waals surface area contributed by atoms with E-state index in [1.54, 1.807) is 12.1 Å². The van der Waals surface area contributed by atoms with Crippen molar-refractivity contribution >= 4 is 11.6 Å². The molecular weight excluding hydrogens is 896 g/mol. The Hall–Kier alpha value is -7.01. The van der Waals surface area contributed by atoms with Gasteiger partial charge in [0.25, 0.3) is 0 Å². The van der Waals surface area contributed by atoms with Crippen LogP contribution in [0, 0.1) is 52.2 Å². The minimum absolute atomic E-state index is 0.0157. The second-order valence-corrected chi connectivity index (χ2v) is 21.6. The smallest absolute Gasteiger partial charge is 0.176 e. The van der Waals surface area contributed by atoms with E-state index in [1.165, 1.54) is 17.7 Å². The van der Waals surface area contributed by atoms with E-state index < -0.39 is 10.8 Å². The highest BCUT2D eigenvalue weighted by Gasteiger charge is 2.52. The van der Waals surface area contributed by atoms with Crippen LogP contribution in [-0.2, 0) is 57.7 Å². The molecule has 0 amide bonds. The van der Waals surface area contributed by atoms with Crippen molar-refractivity contribution in [3.63, 3.8) is 0 Å². The van der Waals surface area contributed by atoms with Crippen molar-refractivity contribution in [1.82, 2.24) is 19.1 Å². The number of nitriles is 2. The number of aromatic nitrogens is 4. The lowest BCUT2D eigenvalue weighted by Gasteiger charge is -2.45. The summed E-state index contributed by atoms with van der Waals surface area (Å²) in [5.74, 6) is 1.11. The van der Waals surface area contributed by atoms with Crippen LogP contribution in [0.5, 0.6) is 0 Å². The number of hydrogen-bond acceptors (Lipinski definition) is 7. The Morgan fingerprint density at radius 3 is 1.88 bits per heavy atom. The molecule has 0 saturated carbocycles. The molecule has 0 radical (unpaired) electrons. The average Bonchev–Trinajstić information content (AvgIpc) is 3.96. The zero-order chi connectivity index (χ0) is 50.5. The molecule has 2 heterocycles. The van der Waals surface area contributed by atoms with Crippen molar-refractivity contribution in [2.75, 3.05) is 6.61 Å². The summed E-state index contributed by atoms with van der Waals surface area (Å²) >= 11 is 0. The van der Waals surface area contributed by atoms with Crippen molar-refractivity contribution < 1.29 is 18.7 Å². The predicted octanol–water partition coefficient (Wildman–Crippen LogP) is 12.5. The molecule has 10 rings (SSSR count). The summed E-state index contributed by atoms with van der Waals surface area (Å²) in [6.07, 6.45) is 8.27. The molecule has 0 N–H and O–H groups in total. The van der Waals surface area contributed by atoms with E-state index in [0.717, 1.165) is 94.3 Å². The van der Waals surface area contributed by atoms with Gasteiger partial charge in [-0.15, -0.1) is 0 Å². The van der Waals surface area contributed by atoms with Gasteiger partial charge in [-0.2, -0.15) is 10.5 Å². The third-order valence-corrected chi connectivity index (χ3v) is 16.9. The molecule has 0 bridgehead atoms. The van der Waals surface area contributed by atoms with Gasteiger partial charge in [-0.25, -0.2) is 14.4 Å². The van der Waals surface area contributed by atoms with Gasteiger partial charge in [0.1, 0.15) is 29.6 Å². The highest BCUT2D eigenvalue weighted by Crippen LogP contribution is 2.53. The fraction of sp³-hybridized carbons (Fsp3) is 0.387. The standard InChI is InChI=1S/C62H63FN6O3/c1-38(2)43-15-19-45(20-16-43)59-66-57-53(68(59)30-31-72-37-42-10-8-7-9-11-42)29-27-52-50(56(71)48(35-65)33-62(52,57)6)25-12-39(3)44-17-21-46(22-18-44)60-67-58-54(69(60)36-41-13-23-49(63)24-14-41)28-26-51-40(4)55(70)47(34-64)32-61(51,58)5/h7-11,13-24,32-33,38-40,50-52H,12,25-31,36-37H2,1-6H3/t39?,40-,50-,51-,52-,61-,62-/m1/s1. The lowest BCUT2D eigenvalue weighted by Crippen LogP contribution is -2.46. The van der Waals surface area contributed by atoms with Crippen molar-refractivity contribution in [2.24, 2.45) is 23.7 Å². The van der Waals surface area contributed by atoms with Gasteiger partial charge in [-0.3, -0.25) is 9.59 Å². The zero-order valence-corrected chi connectivity index (χ0v) is 42.3. The first-order chi connectivity index (χ1) is 34.7. The highest BCUT2D eigenvalue weighted by atomic mass is 19.1. The van der Waals surface area contributed by atoms with Gasteiger partial charge in [0.15, 0.2) is 11.6 Å². The second-order valence-electron chi connectivity index (χ2n) is 21.6. The molecule has 0 saturated heterocycles. The maximum Gasteiger partial charge on any atom is 0.176 e. The molecule has 0 aliphatic heterocycles. The number of nitrogens with zero attached hydrogens (tertiary/aromatic N) is 6. The van der Waals surface area contributed by atoms with Crippen LogP contribution >= 0.6 is 0 Å². The molecule has 0 fully saturated rings. The lowest BCUT2D eigenvalue weighted by molar-refractivity contribution is -0.123. The van der Waals surface area contributed by atoms with Crippen LogP contribution in [0.4, 0.5) is 4.39 Å². The predicted molar refractivity (Wildman–Crippen MR) is 277 cm³/mol. The van der Waals surface area contributed by atoms with Crippen LogP contribution in [0.25, 0.3) is 22.8 Å². The number of rotatable bonds is 14. The molecule has 2 aromatic heterocycles. The first-order valence-corrected chi connectivity index (χ1v) is 25.8. The van der Waals surface area contributed by atoms with Crippen LogP contribution in [0.15, 0.2) is 126 Å². The summed E-state index contributed by atoms with van der Waals surface area (Å²) in [4.78, 5) is 38.4. The molecule has 0 spiro atoms. The minimum Gasteiger partial charge on any atom is -0.375 e. The summed E-state index contributed by atoms with van der Waals surface area (Å²) in [7, 11) is 0. The quantitative estimate of drug-likeness (QED) is 0.0995. The molecule has 10 heteroatoms. The van der Waals surface area contributed by atoms with Gasteiger partial charge < -0.3 is 13.9 Å². The number of fused-ring (bicyclic) bond motifs is 6.